The lowest BCUT2D eigenvalue weighted by atomic mass is 9.86. The van der Waals surface area contributed by atoms with Crippen LogP contribution in [0.5, 0.6) is 0 Å². The molecule has 66 valence electrons. The van der Waals surface area contributed by atoms with Crippen molar-refractivity contribution >= 4 is 0 Å². The Kier molecular flexibility index (Phi) is 2.94. The highest BCUT2D eigenvalue weighted by molar-refractivity contribution is 4.87. The van der Waals surface area contributed by atoms with Gasteiger partial charge in [0.2, 0.25) is 0 Å². The summed E-state index contributed by atoms with van der Waals surface area (Å²) in [5.41, 5.74) is 0. The molecule has 0 amide bonds. The Morgan fingerprint density at radius 1 is 1.27 bits per heavy atom. The van der Waals surface area contributed by atoms with Crippen LogP contribution in [0.25, 0.3) is 0 Å². The molecule has 0 aromatic carbocycles. The molecule has 1 nitrogen and oxygen atoms in total. The van der Waals surface area contributed by atoms with Crippen LogP contribution in [0, 0.1) is 17.8 Å². The van der Waals surface area contributed by atoms with Gasteiger partial charge in [-0.3, -0.25) is 0 Å². The molecule has 0 aromatic heterocycles. The molecular formula is C10H21N. The van der Waals surface area contributed by atoms with Gasteiger partial charge in [-0.15, -0.1) is 0 Å². The van der Waals surface area contributed by atoms with Gasteiger partial charge in [0.25, 0.3) is 0 Å². The molecule has 1 aliphatic rings. The minimum atomic E-state index is 0.780. The van der Waals surface area contributed by atoms with E-state index in [0.717, 1.165) is 23.8 Å². The van der Waals surface area contributed by atoms with Crippen molar-refractivity contribution in [2.24, 2.45) is 17.8 Å². The second-order valence-corrected chi connectivity index (χ2v) is 4.24. The molecule has 0 aromatic rings. The standard InChI is InChI=1S/C10H21N/c1-7(2)9-5-6-10(11-4)8(9)3/h7-11H,5-6H2,1-4H3. The van der Waals surface area contributed by atoms with Crippen molar-refractivity contribution < 1.29 is 0 Å². The third kappa shape index (κ3) is 1.76. The van der Waals surface area contributed by atoms with Gasteiger partial charge in [-0.1, -0.05) is 20.8 Å². The average molecular weight is 155 g/mol. The molecule has 0 spiro atoms. The molecule has 0 radical (unpaired) electrons. The summed E-state index contributed by atoms with van der Waals surface area (Å²) in [7, 11) is 2.09. The van der Waals surface area contributed by atoms with E-state index in [0.29, 0.717) is 0 Å². The number of rotatable bonds is 2. The molecule has 0 bridgehead atoms. The van der Waals surface area contributed by atoms with E-state index >= 15 is 0 Å². The van der Waals surface area contributed by atoms with Gasteiger partial charge in [0.1, 0.15) is 0 Å². The zero-order valence-corrected chi connectivity index (χ0v) is 8.22. The Balaban J connectivity index is 2.48. The minimum Gasteiger partial charge on any atom is -0.317 e. The average Bonchev–Trinajstić information content (AvgIpc) is 2.30. The highest BCUT2D eigenvalue weighted by atomic mass is 14.9. The van der Waals surface area contributed by atoms with Gasteiger partial charge in [0.05, 0.1) is 0 Å². The molecule has 1 heteroatoms. The fraction of sp³-hybridized carbons (Fsp3) is 1.00. The SMILES string of the molecule is CNC1CCC(C(C)C)C1C. The van der Waals surface area contributed by atoms with Crippen LogP contribution < -0.4 is 5.32 Å². The normalized spacial score (nSPS) is 38.5. The lowest BCUT2D eigenvalue weighted by Crippen LogP contribution is -2.30. The van der Waals surface area contributed by atoms with Crippen LogP contribution in [0.4, 0.5) is 0 Å². The Morgan fingerprint density at radius 2 is 1.91 bits per heavy atom. The molecule has 0 saturated heterocycles. The zero-order valence-electron chi connectivity index (χ0n) is 8.22. The summed E-state index contributed by atoms with van der Waals surface area (Å²) < 4.78 is 0. The van der Waals surface area contributed by atoms with E-state index in [1.54, 1.807) is 0 Å². The number of nitrogens with one attached hydrogen (secondary N) is 1. The van der Waals surface area contributed by atoms with Crippen molar-refractivity contribution in [2.45, 2.75) is 39.7 Å². The fourth-order valence-electron chi connectivity index (χ4n) is 2.54. The highest BCUT2D eigenvalue weighted by Gasteiger charge is 2.32. The van der Waals surface area contributed by atoms with Crippen molar-refractivity contribution in [1.82, 2.24) is 5.32 Å². The summed E-state index contributed by atoms with van der Waals surface area (Å²) in [5, 5.41) is 3.40. The van der Waals surface area contributed by atoms with E-state index in [9.17, 15) is 0 Å². The molecule has 1 N–H and O–H groups in total. The van der Waals surface area contributed by atoms with Crippen LogP contribution in [0.2, 0.25) is 0 Å². The third-order valence-corrected chi connectivity index (χ3v) is 3.35. The topological polar surface area (TPSA) is 12.0 Å². The van der Waals surface area contributed by atoms with Crippen molar-refractivity contribution in [3.05, 3.63) is 0 Å². The van der Waals surface area contributed by atoms with Gasteiger partial charge >= 0.3 is 0 Å². The van der Waals surface area contributed by atoms with E-state index < -0.39 is 0 Å². The monoisotopic (exact) mass is 155 g/mol. The molecule has 1 rings (SSSR count). The summed E-state index contributed by atoms with van der Waals surface area (Å²) in [5.74, 6) is 2.69. The molecule has 1 saturated carbocycles. The van der Waals surface area contributed by atoms with Crippen molar-refractivity contribution in [1.29, 1.82) is 0 Å². The quantitative estimate of drug-likeness (QED) is 0.645. The molecule has 1 aliphatic carbocycles. The zero-order chi connectivity index (χ0) is 8.43. The lowest BCUT2D eigenvalue weighted by Gasteiger charge is -2.23. The summed E-state index contributed by atoms with van der Waals surface area (Å²) >= 11 is 0. The van der Waals surface area contributed by atoms with Crippen LogP contribution >= 0.6 is 0 Å². The molecular weight excluding hydrogens is 134 g/mol. The largest absolute Gasteiger partial charge is 0.317 e. The van der Waals surface area contributed by atoms with Gasteiger partial charge < -0.3 is 5.32 Å². The van der Waals surface area contributed by atoms with Crippen LogP contribution in [-0.2, 0) is 0 Å². The first kappa shape index (κ1) is 9.05. The lowest BCUT2D eigenvalue weighted by molar-refractivity contribution is 0.289. The van der Waals surface area contributed by atoms with Gasteiger partial charge in [0, 0.05) is 6.04 Å². The first-order valence-electron chi connectivity index (χ1n) is 4.84. The van der Waals surface area contributed by atoms with E-state index in [4.69, 9.17) is 0 Å². The van der Waals surface area contributed by atoms with E-state index in [-0.39, 0.29) is 0 Å². The smallest absolute Gasteiger partial charge is 0.00925 e. The van der Waals surface area contributed by atoms with Gasteiger partial charge in [-0.05, 0) is 37.6 Å². The maximum atomic E-state index is 3.40. The summed E-state index contributed by atoms with van der Waals surface area (Å²) in [6.45, 7) is 7.08. The Bertz CT molecular complexity index is 120. The highest BCUT2D eigenvalue weighted by Crippen LogP contribution is 2.36. The third-order valence-electron chi connectivity index (χ3n) is 3.35. The van der Waals surface area contributed by atoms with Crippen molar-refractivity contribution in [3.8, 4) is 0 Å². The predicted octanol–water partition coefficient (Wildman–Crippen LogP) is 2.28. The Hall–Kier alpha value is -0.0400. The first-order valence-corrected chi connectivity index (χ1v) is 4.84. The Labute approximate surface area is 70.6 Å². The summed E-state index contributed by atoms with van der Waals surface area (Å²) in [6.07, 6.45) is 2.80. The second-order valence-electron chi connectivity index (χ2n) is 4.24. The van der Waals surface area contributed by atoms with Crippen LogP contribution in [0.15, 0.2) is 0 Å². The van der Waals surface area contributed by atoms with Crippen molar-refractivity contribution in [3.63, 3.8) is 0 Å². The molecule has 0 aliphatic heterocycles. The fourth-order valence-corrected chi connectivity index (χ4v) is 2.54. The van der Waals surface area contributed by atoms with Crippen LogP contribution in [0.3, 0.4) is 0 Å². The van der Waals surface area contributed by atoms with Gasteiger partial charge in [-0.25, -0.2) is 0 Å². The van der Waals surface area contributed by atoms with Gasteiger partial charge in [-0.2, -0.15) is 0 Å². The summed E-state index contributed by atoms with van der Waals surface area (Å²) in [6, 6.07) is 0.780. The first-order chi connectivity index (χ1) is 5.16. The van der Waals surface area contributed by atoms with E-state index in [1.807, 2.05) is 0 Å². The van der Waals surface area contributed by atoms with E-state index in [1.165, 1.54) is 12.8 Å². The maximum Gasteiger partial charge on any atom is 0.00925 e. The summed E-state index contributed by atoms with van der Waals surface area (Å²) in [4.78, 5) is 0. The number of hydrogen-bond acceptors (Lipinski definition) is 1. The second kappa shape index (κ2) is 3.57. The molecule has 11 heavy (non-hydrogen) atoms. The van der Waals surface area contributed by atoms with Crippen LogP contribution in [0.1, 0.15) is 33.6 Å². The van der Waals surface area contributed by atoms with Crippen LogP contribution in [-0.4, -0.2) is 13.1 Å². The number of hydrogen-bond donors (Lipinski definition) is 1. The van der Waals surface area contributed by atoms with E-state index in [2.05, 4.69) is 33.1 Å². The molecule has 3 unspecified atom stereocenters. The molecule has 1 fully saturated rings. The maximum absolute atomic E-state index is 3.40. The molecule has 0 heterocycles. The predicted molar refractivity (Wildman–Crippen MR) is 49.6 cm³/mol. The van der Waals surface area contributed by atoms with Crippen molar-refractivity contribution in [2.75, 3.05) is 7.05 Å². The molecule has 3 atom stereocenters. The minimum absolute atomic E-state index is 0.780. The van der Waals surface area contributed by atoms with Gasteiger partial charge in [0.15, 0.2) is 0 Å². The Morgan fingerprint density at radius 3 is 2.18 bits per heavy atom.